The Balaban J connectivity index is 1.76. The first kappa shape index (κ1) is 14.2. The molecule has 0 amide bonds. The Morgan fingerprint density at radius 3 is 2.70 bits per heavy atom. The van der Waals surface area contributed by atoms with E-state index in [-0.39, 0.29) is 11.5 Å². The summed E-state index contributed by atoms with van der Waals surface area (Å²) in [5.41, 5.74) is 0.909. The molecule has 1 unspecified atom stereocenters. The van der Waals surface area contributed by atoms with Crippen molar-refractivity contribution in [2.75, 3.05) is 6.61 Å². The summed E-state index contributed by atoms with van der Waals surface area (Å²) in [5, 5.41) is 0.991. The lowest BCUT2D eigenvalue weighted by Crippen LogP contribution is -2.43. The SMILES string of the molecule is Cc1nc(C)c(C(=O)C2CCOC3(CCCCC3)C2)s1. The van der Waals surface area contributed by atoms with E-state index in [1.54, 1.807) is 11.3 Å². The molecule has 1 aromatic heterocycles. The van der Waals surface area contributed by atoms with Crippen molar-refractivity contribution in [2.45, 2.75) is 64.4 Å². The number of hydrogen-bond acceptors (Lipinski definition) is 4. The number of thiazole rings is 1. The number of nitrogens with zero attached hydrogens (tertiary/aromatic N) is 1. The van der Waals surface area contributed by atoms with Crippen molar-refractivity contribution in [2.24, 2.45) is 5.92 Å². The molecule has 0 N–H and O–H groups in total. The number of hydrogen-bond donors (Lipinski definition) is 0. The van der Waals surface area contributed by atoms with Crippen LogP contribution in [0.15, 0.2) is 0 Å². The standard InChI is InChI=1S/C16H23NO2S/c1-11-15(20-12(2)17-11)14(18)13-6-9-19-16(10-13)7-4-3-5-8-16/h13H,3-10H2,1-2H3. The van der Waals surface area contributed by atoms with Gasteiger partial charge >= 0.3 is 0 Å². The number of ether oxygens (including phenoxy) is 1. The van der Waals surface area contributed by atoms with Crippen LogP contribution in [-0.4, -0.2) is 23.0 Å². The van der Waals surface area contributed by atoms with Crippen LogP contribution in [0.2, 0.25) is 0 Å². The quantitative estimate of drug-likeness (QED) is 0.772. The minimum atomic E-state index is 0.00443. The van der Waals surface area contributed by atoms with E-state index in [0.717, 1.165) is 47.9 Å². The molecule has 110 valence electrons. The molecule has 1 saturated carbocycles. The number of ketones is 1. The second kappa shape index (κ2) is 5.57. The first-order valence-corrected chi connectivity index (χ1v) is 8.53. The first-order valence-electron chi connectivity index (χ1n) is 7.72. The van der Waals surface area contributed by atoms with Crippen molar-refractivity contribution in [3.63, 3.8) is 0 Å². The summed E-state index contributed by atoms with van der Waals surface area (Å²) in [7, 11) is 0. The number of carbonyl (C=O) groups is 1. The van der Waals surface area contributed by atoms with Crippen molar-refractivity contribution in [1.82, 2.24) is 4.98 Å². The smallest absolute Gasteiger partial charge is 0.177 e. The summed E-state index contributed by atoms with van der Waals surface area (Å²) in [4.78, 5) is 18.0. The van der Waals surface area contributed by atoms with Crippen molar-refractivity contribution < 1.29 is 9.53 Å². The van der Waals surface area contributed by atoms with Gasteiger partial charge in [0.2, 0.25) is 0 Å². The van der Waals surface area contributed by atoms with E-state index in [2.05, 4.69) is 4.98 Å². The van der Waals surface area contributed by atoms with Crippen molar-refractivity contribution in [3.8, 4) is 0 Å². The lowest BCUT2D eigenvalue weighted by Gasteiger charge is -2.43. The molecule has 1 aliphatic heterocycles. The predicted octanol–water partition coefficient (Wildman–Crippen LogP) is 4.07. The Labute approximate surface area is 124 Å². The van der Waals surface area contributed by atoms with E-state index in [0.29, 0.717) is 5.78 Å². The van der Waals surface area contributed by atoms with Crippen LogP contribution in [0.5, 0.6) is 0 Å². The molecule has 3 nitrogen and oxygen atoms in total. The topological polar surface area (TPSA) is 39.2 Å². The molecule has 1 aromatic rings. The van der Waals surface area contributed by atoms with Gasteiger partial charge in [-0.25, -0.2) is 4.98 Å². The predicted molar refractivity (Wildman–Crippen MR) is 80.4 cm³/mol. The molecule has 20 heavy (non-hydrogen) atoms. The van der Waals surface area contributed by atoms with Crippen LogP contribution in [-0.2, 0) is 4.74 Å². The molecular formula is C16H23NO2S. The Morgan fingerprint density at radius 1 is 1.30 bits per heavy atom. The third kappa shape index (κ3) is 2.68. The maximum Gasteiger partial charge on any atom is 0.177 e. The van der Waals surface area contributed by atoms with Crippen LogP contribution in [0.4, 0.5) is 0 Å². The third-order valence-corrected chi connectivity index (χ3v) is 5.84. The van der Waals surface area contributed by atoms with Crippen molar-refractivity contribution in [1.29, 1.82) is 0 Å². The molecule has 2 fully saturated rings. The maximum absolute atomic E-state index is 12.8. The fraction of sp³-hybridized carbons (Fsp3) is 0.750. The van der Waals surface area contributed by atoms with Crippen molar-refractivity contribution >= 4 is 17.1 Å². The van der Waals surface area contributed by atoms with E-state index in [4.69, 9.17) is 4.74 Å². The van der Waals surface area contributed by atoms with Gasteiger partial charge in [-0.05, 0) is 39.5 Å². The third-order valence-electron chi connectivity index (χ3n) is 4.76. The normalized spacial score (nSPS) is 25.8. The lowest BCUT2D eigenvalue weighted by atomic mass is 9.75. The number of Topliss-reactive ketones (excluding diaryl/α,β-unsaturated/α-hetero) is 1. The maximum atomic E-state index is 12.8. The summed E-state index contributed by atoms with van der Waals surface area (Å²) in [6, 6.07) is 0. The van der Waals surface area contributed by atoms with E-state index >= 15 is 0 Å². The highest BCUT2D eigenvalue weighted by molar-refractivity contribution is 7.13. The summed E-state index contributed by atoms with van der Waals surface area (Å²) >= 11 is 1.55. The monoisotopic (exact) mass is 293 g/mol. The zero-order valence-electron chi connectivity index (χ0n) is 12.4. The summed E-state index contributed by atoms with van der Waals surface area (Å²) in [6.45, 7) is 4.67. The molecule has 0 bridgehead atoms. The minimum Gasteiger partial charge on any atom is -0.375 e. The zero-order chi connectivity index (χ0) is 14.2. The summed E-state index contributed by atoms with van der Waals surface area (Å²) in [6.07, 6.45) is 7.88. The Morgan fingerprint density at radius 2 is 2.05 bits per heavy atom. The lowest BCUT2D eigenvalue weighted by molar-refractivity contribution is -0.111. The minimum absolute atomic E-state index is 0.00443. The summed E-state index contributed by atoms with van der Waals surface area (Å²) in [5.74, 6) is 0.446. The molecular weight excluding hydrogens is 270 g/mol. The average Bonchev–Trinajstić information content (AvgIpc) is 2.78. The van der Waals surface area contributed by atoms with Gasteiger partial charge in [-0.15, -0.1) is 11.3 Å². The zero-order valence-corrected chi connectivity index (χ0v) is 13.2. The number of aromatic nitrogens is 1. The van der Waals surface area contributed by atoms with Gasteiger partial charge in [-0.3, -0.25) is 4.79 Å². The van der Waals surface area contributed by atoms with Gasteiger partial charge in [-0.2, -0.15) is 0 Å². The highest BCUT2D eigenvalue weighted by Crippen LogP contribution is 2.42. The van der Waals surface area contributed by atoms with Crippen LogP contribution < -0.4 is 0 Å². The van der Waals surface area contributed by atoms with Crippen molar-refractivity contribution in [3.05, 3.63) is 15.6 Å². The van der Waals surface area contributed by atoms with Gasteiger partial charge < -0.3 is 4.74 Å². The van der Waals surface area contributed by atoms with Crippen LogP contribution >= 0.6 is 11.3 Å². The summed E-state index contributed by atoms with van der Waals surface area (Å²) < 4.78 is 6.09. The second-order valence-electron chi connectivity index (χ2n) is 6.29. The first-order chi connectivity index (χ1) is 9.60. The molecule has 4 heteroatoms. The molecule has 0 radical (unpaired) electrons. The fourth-order valence-electron chi connectivity index (χ4n) is 3.74. The average molecular weight is 293 g/mol. The largest absolute Gasteiger partial charge is 0.375 e. The molecule has 2 heterocycles. The molecule has 3 rings (SSSR count). The number of aryl methyl sites for hydroxylation is 2. The molecule has 0 aromatic carbocycles. The van der Waals surface area contributed by atoms with E-state index in [9.17, 15) is 4.79 Å². The van der Waals surface area contributed by atoms with Crippen LogP contribution in [0.1, 0.15) is 65.3 Å². The Hall–Kier alpha value is -0.740. The number of rotatable bonds is 2. The molecule has 1 atom stereocenters. The molecule has 1 aliphatic carbocycles. The second-order valence-corrected chi connectivity index (χ2v) is 7.50. The molecule has 1 saturated heterocycles. The van der Waals surface area contributed by atoms with E-state index in [1.165, 1.54) is 19.3 Å². The fourth-order valence-corrected chi connectivity index (χ4v) is 4.68. The Kier molecular flexibility index (Phi) is 3.95. The van der Waals surface area contributed by atoms with E-state index < -0.39 is 0 Å². The van der Waals surface area contributed by atoms with Crippen LogP contribution in [0, 0.1) is 19.8 Å². The Bertz CT molecular complexity index is 497. The van der Waals surface area contributed by atoms with Crippen LogP contribution in [0.25, 0.3) is 0 Å². The molecule has 1 spiro atoms. The highest BCUT2D eigenvalue weighted by atomic mass is 32.1. The van der Waals surface area contributed by atoms with Gasteiger partial charge in [0, 0.05) is 12.5 Å². The van der Waals surface area contributed by atoms with Crippen LogP contribution in [0.3, 0.4) is 0 Å². The van der Waals surface area contributed by atoms with E-state index in [1.807, 2.05) is 13.8 Å². The van der Waals surface area contributed by atoms with Gasteiger partial charge in [0.15, 0.2) is 5.78 Å². The van der Waals surface area contributed by atoms with Gasteiger partial charge in [0.25, 0.3) is 0 Å². The van der Waals surface area contributed by atoms with Gasteiger partial charge in [0.1, 0.15) is 0 Å². The van der Waals surface area contributed by atoms with Gasteiger partial charge in [-0.1, -0.05) is 19.3 Å². The van der Waals surface area contributed by atoms with Gasteiger partial charge in [0.05, 0.1) is 21.2 Å². The highest BCUT2D eigenvalue weighted by Gasteiger charge is 2.41. The molecule has 2 aliphatic rings. The number of carbonyl (C=O) groups excluding carboxylic acids is 1.